The smallest absolute Gasteiger partial charge is 0.336 e. The van der Waals surface area contributed by atoms with Crippen molar-refractivity contribution in [3.05, 3.63) is 63.6 Å². The van der Waals surface area contributed by atoms with Gasteiger partial charge >= 0.3 is 5.63 Å². The van der Waals surface area contributed by atoms with E-state index in [2.05, 4.69) is 20.5 Å². The molecule has 2 N–H and O–H groups in total. The summed E-state index contributed by atoms with van der Waals surface area (Å²) in [4.78, 5) is 42.3. The van der Waals surface area contributed by atoms with Gasteiger partial charge in [-0.05, 0) is 55.8 Å². The molecule has 1 saturated heterocycles. The van der Waals surface area contributed by atoms with E-state index in [1.165, 1.54) is 19.2 Å². The van der Waals surface area contributed by atoms with Crippen LogP contribution in [0.3, 0.4) is 0 Å². The van der Waals surface area contributed by atoms with Crippen LogP contribution < -0.4 is 16.3 Å². The summed E-state index contributed by atoms with van der Waals surface area (Å²) in [6.45, 7) is 3.47. The van der Waals surface area contributed by atoms with Crippen LogP contribution in [0.5, 0.6) is 0 Å². The fraction of sp³-hybridized carbons (Fsp3) is 0.304. The summed E-state index contributed by atoms with van der Waals surface area (Å²) in [6, 6.07) is 10.2. The molecule has 4 rings (SSSR count). The highest BCUT2D eigenvalue weighted by atomic mass is 35.5. The van der Waals surface area contributed by atoms with Gasteiger partial charge in [0.25, 0.3) is 0 Å². The lowest BCUT2D eigenvalue weighted by atomic mass is 9.95. The Morgan fingerprint density at radius 1 is 1.16 bits per heavy atom. The van der Waals surface area contributed by atoms with Gasteiger partial charge in [-0.3, -0.25) is 14.5 Å². The van der Waals surface area contributed by atoms with Gasteiger partial charge in [0.2, 0.25) is 11.8 Å². The third-order valence-electron chi connectivity index (χ3n) is 5.48. The fourth-order valence-corrected chi connectivity index (χ4v) is 4.03. The number of hydrogen-bond acceptors (Lipinski definition) is 6. The maximum absolute atomic E-state index is 12.6. The van der Waals surface area contributed by atoms with Crippen LogP contribution in [0.4, 0.5) is 11.5 Å². The third kappa shape index (κ3) is 5.33. The van der Waals surface area contributed by atoms with Crippen molar-refractivity contribution >= 4 is 45.9 Å². The number of nitrogens with zero attached hydrogens (tertiary/aromatic N) is 2. The predicted octanol–water partition coefficient (Wildman–Crippen LogP) is 3.65. The number of likely N-dealkylation sites (tertiary alicyclic amines) is 1. The average molecular weight is 455 g/mol. The molecule has 0 unspecified atom stereocenters. The fourth-order valence-electron chi connectivity index (χ4n) is 3.91. The number of amides is 2. The van der Waals surface area contributed by atoms with Gasteiger partial charge in [0.05, 0.1) is 5.02 Å². The molecule has 2 amide bonds. The zero-order valence-electron chi connectivity index (χ0n) is 17.6. The van der Waals surface area contributed by atoms with Crippen LogP contribution in [-0.2, 0) is 16.1 Å². The van der Waals surface area contributed by atoms with E-state index in [-0.39, 0.29) is 17.7 Å². The summed E-state index contributed by atoms with van der Waals surface area (Å²) in [7, 11) is 0. The summed E-state index contributed by atoms with van der Waals surface area (Å²) in [6.07, 6.45) is 2.93. The minimum absolute atomic E-state index is 0.0456. The Balaban J connectivity index is 1.40. The number of rotatable bonds is 5. The monoisotopic (exact) mass is 454 g/mol. The molecule has 32 heavy (non-hydrogen) atoms. The van der Waals surface area contributed by atoms with Crippen molar-refractivity contribution in [2.24, 2.45) is 5.92 Å². The van der Waals surface area contributed by atoms with Crippen LogP contribution in [0.1, 0.15) is 25.3 Å². The van der Waals surface area contributed by atoms with Gasteiger partial charge in [0.1, 0.15) is 11.4 Å². The van der Waals surface area contributed by atoms with Gasteiger partial charge < -0.3 is 15.1 Å². The van der Waals surface area contributed by atoms with Crippen molar-refractivity contribution in [3.63, 3.8) is 0 Å². The second kappa shape index (κ2) is 9.50. The van der Waals surface area contributed by atoms with Gasteiger partial charge in [-0.1, -0.05) is 11.6 Å². The SMILES string of the molecule is CC(=O)Nc1ccc2c(CN3CCC(C(=O)Nc4ccc(Cl)cn4)CC3)cc(=O)oc2c1. The first-order valence-corrected chi connectivity index (χ1v) is 10.7. The second-order valence-electron chi connectivity index (χ2n) is 7.88. The zero-order chi connectivity index (χ0) is 22.7. The molecule has 2 aromatic heterocycles. The summed E-state index contributed by atoms with van der Waals surface area (Å²) < 4.78 is 5.33. The highest BCUT2D eigenvalue weighted by molar-refractivity contribution is 6.30. The Morgan fingerprint density at radius 2 is 1.94 bits per heavy atom. The Hall–Kier alpha value is -3.23. The van der Waals surface area contributed by atoms with Gasteiger partial charge in [-0.2, -0.15) is 0 Å². The highest BCUT2D eigenvalue weighted by Gasteiger charge is 2.25. The van der Waals surface area contributed by atoms with Gasteiger partial charge in [0, 0.05) is 48.8 Å². The second-order valence-corrected chi connectivity index (χ2v) is 8.32. The van der Waals surface area contributed by atoms with Crippen molar-refractivity contribution in [2.45, 2.75) is 26.3 Å². The Labute approximate surface area is 189 Å². The normalized spacial score (nSPS) is 14.9. The molecule has 0 bridgehead atoms. The first-order valence-electron chi connectivity index (χ1n) is 10.4. The third-order valence-corrected chi connectivity index (χ3v) is 5.71. The van der Waals surface area contributed by atoms with E-state index in [0.29, 0.717) is 41.5 Å². The molecule has 0 aliphatic carbocycles. The number of carbonyl (C=O) groups is 2. The van der Waals surface area contributed by atoms with Crippen molar-refractivity contribution in [1.29, 1.82) is 0 Å². The van der Waals surface area contributed by atoms with Crippen molar-refractivity contribution < 1.29 is 14.0 Å². The van der Waals surface area contributed by atoms with E-state index in [0.717, 1.165) is 24.0 Å². The van der Waals surface area contributed by atoms with E-state index >= 15 is 0 Å². The summed E-state index contributed by atoms with van der Waals surface area (Å²) in [5, 5.41) is 6.88. The molecule has 9 heteroatoms. The van der Waals surface area contributed by atoms with Crippen LogP contribution in [0, 0.1) is 5.92 Å². The van der Waals surface area contributed by atoms with Crippen LogP contribution in [-0.4, -0.2) is 34.8 Å². The molecular formula is C23H23ClN4O4. The molecule has 0 radical (unpaired) electrons. The molecule has 1 aromatic carbocycles. The van der Waals surface area contributed by atoms with E-state index in [4.69, 9.17) is 16.0 Å². The maximum Gasteiger partial charge on any atom is 0.336 e. The number of carbonyl (C=O) groups excluding carboxylic acids is 2. The maximum atomic E-state index is 12.6. The highest BCUT2D eigenvalue weighted by Crippen LogP contribution is 2.25. The quantitative estimate of drug-likeness (QED) is 0.570. The van der Waals surface area contributed by atoms with Crippen molar-refractivity contribution in [2.75, 3.05) is 23.7 Å². The Morgan fingerprint density at radius 3 is 2.62 bits per heavy atom. The zero-order valence-corrected chi connectivity index (χ0v) is 18.3. The van der Waals surface area contributed by atoms with Gasteiger partial charge in [-0.15, -0.1) is 0 Å². The average Bonchev–Trinajstić information content (AvgIpc) is 2.75. The minimum Gasteiger partial charge on any atom is -0.423 e. The Bertz CT molecular complexity index is 1200. The molecule has 8 nitrogen and oxygen atoms in total. The number of hydrogen-bond donors (Lipinski definition) is 2. The van der Waals surface area contributed by atoms with Crippen LogP contribution >= 0.6 is 11.6 Å². The largest absolute Gasteiger partial charge is 0.423 e. The number of fused-ring (bicyclic) bond motifs is 1. The summed E-state index contributed by atoms with van der Waals surface area (Å²) in [5.41, 5.74) is 1.44. The standard InChI is InChI=1S/C23H23ClN4O4/c1-14(29)26-18-3-4-19-16(10-22(30)32-20(19)11-18)13-28-8-6-15(7-9-28)23(31)27-21-5-2-17(24)12-25-21/h2-5,10-12,15H,6-9,13H2,1H3,(H,26,29)(H,25,27,31). The van der Waals surface area contributed by atoms with Crippen molar-refractivity contribution in [3.8, 4) is 0 Å². The number of aromatic nitrogens is 1. The molecule has 3 heterocycles. The van der Waals surface area contributed by atoms with Gasteiger partial charge in [0.15, 0.2) is 0 Å². The lowest BCUT2D eigenvalue weighted by Gasteiger charge is -2.31. The molecule has 1 aliphatic heterocycles. The molecule has 166 valence electrons. The first kappa shape index (κ1) is 22.0. The number of halogens is 1. The minimum atomic E-state index is -0.433. The number of nitrogens with one attached hydrogen (secondary N) is 2. The molecule has 0 saturated carbocycles. The number of benzene rings is 1. The summed E-state index contributed by atoms with van der Waals surface area (Å²) >= 11 is 5.83. The van der Waals surface area contributed by atoms with Crippen LogP contribution in [0.25, 0.3) is 11.0 Å². The van der Waals surface area contributed by atoms with E-state index < -0.39 is 5.63 Å². The number of piperidine rings is 1. The molecule has 3 aromatic rings. The molecule has 1 fully saturated rings. The van der Waals surface area contributed by atoms with Crippen LogP contribution in [0.2, 0.25) is 5.02 Å². The summed E-state index contributed by atoms with van der Waals surface area (Å²) in [5.74, 6) is 0.154. The predicted molar refractivity (Wildman–Crippen MR) is 123 cm³/mol. The van der Waals surface area contributed by atoms with E-state index in [1.807, 2.05) is 6.07 Å². The molecule has 0 atom stereocenters. The molecular weight excluding hydrogens is 432 g/mol. The topological polar surface area (TPSA) is 105 Å². The first-order chi connectivity index (χ1) is 15.4. The lowest BCUT2D eigenvalue weighted by Crippen LogP contribution is -2.38. The molecule has 1 aliphatic rings. The van der Waals surface area contributed by atoms with Crippen molar-refractivity contribution in [1.82, 2.24) is 9.88 Å². The lowest BCUT2D eigenvalue weighted by molar-refractivity contribution is -0.121. The van der Waals surface area contributed by atoms with Crippen LogP contribution in [0.15, 0.2) is 51.8 Å². The number of pyridine rings is 1. The number of anilines is 2. The molecule has 0 spiro atoms. The Kier molecular flexibility index (Phi) is 6.53. The van der Waals surface area contributed by atoms with E-state index in [1.54, 1.807) is 24.3 Å². The van der Waals surface area contributed by atoms with E-state index in [9.17, 15) is 14.4 Å². The van der Waals surface area contributed by atoms with Gasteiger partial charge in [-0.25, -0.2) is 9.78 Å².